The van der Waals surface area contributed by atoms with E-state index in [0.717, 1.165) is 0 Å². The molecule has 1 atom stereocenters. The number of amidine groups is 1. The summed E-state index contributed by atoms with van der Waals surface area (Å²) in [6, 6.07) is 1.30. The Bertz CT molecular complexity index is 581. The Labute approximate surface area is 97.2 Å². The standard InChI is InChI=1S/C10H10N6O/c1-15-7(3-4-11-15)9-13-6-5-12-16(2)8(6)10(17)14-9/h3-5,8H,1-2H3. The second-order valence-electron chi connectivity index (χ2n) is 3.87. The van der Waals surface area contributed by atoms with E-state index < -0.39 is 6.04 Å². The first-order valence-electron chi connectivity index (χ1n) is 5.13. The molecule has 2 aliphatic heterocycles. The lowest BCUT2D eigenvalue weighted by Crippen LogP contribution is -2.40. The molecule has 2 aliphatic rings. The fraction of sp³-hybridized carbons (Fsp3) is 0.300. The molecular weight excluding hydrogens is 220 g/mol. The minimum absolute atomic E-state index is 0.244. The Morgan fingerprint density at radius 1 is 1.29 bits per heavy atom. The number of hydrazone groups is 1. The predicted octanol–water partition coefficient (Wildman–Crippen LogP) is -0.552. The van der Waals surface area contributed by atoms with Gasteiger partial charge in [0.15, 0.2) is 11.9 Å². The molecule has 0 N–H and O–H groups in total. The van der Waals surface area contributed by atoms with Crippen LogP contribution < -0.4 is 0 Å². The van der Waals surface area contributed by atoms with E-state index in [2.05, 4.69) is 20.2 Å². The van der Waals surface area contributed by atoms with Gasteiger partial charge in [-0.1, -0.05) is 0 Å². The number of nitrogens with zero attached hydrogens (tertiary/aromatic N) is 6. The zero-order chi connectivity index (χ0) is 12.0. The number of aromatic nitrogens is 2. The van der Waals surface area contributed by atoms with Crippen molar-refractivity contribution in [2.45, 2.75) is 6.04 Å². The van der Waals surface area contributed by atoms with Gasteiger partial charge in [-0.15, -0.1) is 0 Å². The summed E-state index contributed by atoms with van der Waals surface area (Å²) in [5.41, 5.74) is 1.34. The average molecular weight is 230 g/mol. The van der Waals surface area contributed by atoms with Gasteiger partial charge >= 0.3 is 0 Å². The van der Waals surface area contributed by atoms with E-state index in [9.17, 15) is 4.79 Å². The molecular formula is C10H10N6O. The molecule has 7 heteroatoms. The molecule has 86 valence electrons. The number of aliphatic imine (C=N–C) groups is 2. The van der Waals surface area contributed by atoms with E-state index in [1.54, 1.807) is 42.3 Å². The zero-order valence-electron chi connectivity index (χ0n) is 9.40. The van der Waals surface area contributed by atoms with E-state index in [4.69, 9.17) is 0 Å². The molecule has 0 radical (unpaired) electrons. The Balaban J connectivity index is 2.06. The predicted molar refractivity (Wildman–Crippen MR) is 62.2 cm³/mol. The molecule has 0 aromatic carbocycles. The third-order valence-corrected chi connectivity index (χ3v) is 2.76. The lowest BCUT2D eigenvalue weighted by molar-refractivity contribution is -0.120. The van der Waals surface area contributed by atoms with Crippen LogP contribution in [0.2, 0.25) is 0 Å². The summed E-state index contributed by atoms with van der Waals surface area (Å²) in [4.78, 5) is 20.2. The number of carbonyl (C=O) groups is 1. The molecule has 3 heterocycles. The van der Waals surface area contributed by atoms with Gasteiger partial charge in [-0.2, -0.15) is 15.2 Å². The first-order valence-corrected chi connectivity index (χ1v) is 5.13. The van der Waals surface area contributed by atoms with Crippen LogP contribution in [0, 0.1) is 0 Å². The molecule has 1 unspecified atom stereocenters. The SMILES string of the molecule is CN1N=CC2=NC(c3ccnn3C)=NC(=O)C21. The molecule has 1 aromatic rings. The number of carbonyl (C=O) groups excluding carboxylic acids is 1. The second kappa shape index (κ2) is 3.34. The van der Waals surface area contributed by atoms with Gasteiger partial charge in [0.2, 0.25) is 0 Å². The van der Waals surface area contributed by atoms with Gasteiger partial charge in [-0.05, 0) is 6.07 Å². The fourth-order valence-electron chi connectivity index (χ4n) is 1.88. The van der Waals surface area contributed by atoms with Crippen LogP contribution in [0.3, 0.4) is 0 Å². The van der Waals surface area contributed by atoms with E-state index in [0.29, 0.717) is 17.2 Å². The Hall–Kier alpha value is -2.31. The zero-order valence-corrected chi connectivity index (χ0v) is 9.40. The number of amides is 1. The lowest BCUT2D eigenvalue weighted by Gasteiger charge is -2.19. The van der Waals surface area contributed by atoms with Crippen LogP contribution >= 0.6 is 0 Å². The van der Waals surface area contributed by atoms with Crippen LogP contribution in [0.15, 0.2) is 27.3 Å². The molecule has 1 aromatic heterocycles. The van der Waals surface area contributed by atoms with Gasteiger partial charge < -0.3 is 0 Å². The number of likely N-dealkylation sites (N-methyl/N-ethyl adjacent to an activating group) is 1. The van der Waals surface area contributed by atoms with Crippen molar-refractivity contribution >= 4 is 23.7 Å². The molecule has 7 nitrogen and oxygen atoms in total. The van der Waals surface area contributed by atoms with Crippen LogP contribution in [-0.2, 0) is 11.8 Å². The first kappa shape index (κ1) is 9.88. The van der Waals surface area contributed by atoms with Crippen molar-refractivity contribution in [3.05, 3.63) is 18.0 Å². The minimum Gasteiger partial charge on any atom is -0.281 e. The maximum absolute atomic E-state index is 11.9. The van der Waals surface area contributed by atoms with Crippen LogP contribution in [0.5, 0.6) is 0 Å². The van der Waals surface area contributed by atoms with Crippen LogP contribution in [0.4, 0.5) is 0 Å². The van der Waals surface area contributed by atoms with Crippen LogP contribution in [-0.4, -0.2) is 51.5 Å². The summed E-state index contributed by atoms with van der Waals surface area (Å²) in [6.45, 7) is 0. The van der Waals surface area contributed by atoms with Gasteiger partial charge in [0, 0.05) is 20.3 Å². The quantitative estimate of drug-likeness (QED) is 0.649. The smallest absolute Gasteiger partial charge is 0.278 e. The maximum atomic E-state index is 11.9. The van der Waals surface area contributed by atoms with Gasteiger partial charge in [0.05, 0.1) is 11.9 Å². The minimum atomic E-state index is -0.466. The summed E-state index contributed by atoms with van der Waals surface area (Å²) >= 11 is 0. The van der Waals surface area contributed by atoms with Gasteiger partial charge in [0.25, 0.3) is 5.91 Å². The van der Waals surface area contributed by atoms with Crippen molar-refractivity contribution in [2.24, 2.45) is 22.1 Å². The monoisotopic (exact) mass is 230 g/mol. The third kappa shape index (κ3) is 1.39. The summed E-state index contributed by atoms with van der Waals surface area (Å²) < 4.78 is 1.63. The summed E-state index contributed by atoms with van der Waals surface area (Å²) in [5.74, 6) is 0.147. The molecule has 1 amide bonds. The molecule has 0 aliphatic carbocycles. The highest BCUT2D eigenvalue weighted by atomic mass is 16.2. The Kier molecular flexibility index (Phi) is 1.94. The Morgan fingerprint density at radius 2 is 2.12 bits per heavy atom. The molecule has 17 heavy (non-hydrogen) atoms. The topological polar surface area (TPSA) is 75.2 Å². The Morgan fingerprint density at radius 3 is 2.82 bits per heavy atom. The number of rotatable bonds is 1. The molecule has 3 rings (SSSR count). The van der Waals surface area contributed by atoms with Crippen molar-refractivity contribution < 1.29 is 4.79 Å². The van der Waals surface area contributed by atoms with Crippen molar-refractivity contribution in [2.75, 3.05) is 7.05 Å². The third-order valence-electron chi connectivity index (χ3n) is 2.76. The molecule has 0 saturated heterocycles. The molecule has 0 saturated carbocycles. The van der Waals surface area contributed by atoms with Crippen molar-refractivity contribution in [1.29, 1.82) is 0 Å². The average Bonchev–Trinajstić information content (AvgIpc) is 2.85. The number of aryl methyl sites for hydroxylation is 1. The normalized spacial score (nSPS) is 22.6. The number of hydrogen-bond acceptors (Lipinski definition) is 5. The molecule has 0 spiro atoms. The largest absolute Gasteiger partial charge is 0.281 e. The summed E-state index contributed by atoms with van der Waals surface area (Å²) in [7, 11) is 3.51. The number of hydrogen-bond donors (Lipinski definition) is 0. The summed E-state index contributed by atoms with van der Waals surface area (Å²) in [5, 5.41) is 9.62. The molecule has 0 bridgehead atoms. The lowest BCUT2D eigenvalue weighted by atomic mass is 10.1. The van der Waals surface area contributed by atoms with Gasteiger partial charge in [-0.25, -0.2) is 4.99 Å². The van der Waals surface area contributed by atoms with Crippen molar-refractivity contribution in [3.63, 3.8) is 0 Å². The maximum Gasteiger partial charge on any atom is 0.278 e. The fourth-order valence-corrected chi connectivity index (χ4v) is 1.88. The van der Waals surface area contributed by atoms with E-state index in [1.165, 1.54) is 0 Å². The second-order valence-corrected chi connectivity index (χ2v) is 3.87. The van der Waals surface area contributed by atoms with Crippen molar-refractivity contribution in [1.82, 2.24) is 14.8 Å². The van der Waals surface area contributed by atoms with E-state index >= 15 is 0 Å². The van der Waals surface area contributed by atoms with Crippen molar-refractivity contribution in [3.8, 4) is 0 Å². The highest BCUT2D eigenvalue weighted by Gasteiger charge is 2.35. The van der Waals surface area contributed by atoms with Gasteiger partial charge in [0.1, 0.15) is 5.69 Å². The number of fused-ring (bicyclic) bond motifs is 1. The van der Waals surface area contributed by atoms with E-state index in [1.807, 2.05) is 0 Å². The highest BCUT2D eigenvalue weighted by Crippen LogP contribution is 2.15. The molecule has 0 fully saturated rings. The van der Waals surface area contributed by atoms with E-state index in [-0.39, 0.29) is 5.91 Å². The summed E-state index contributed by atoms with van der Waals surface area (Å²) in [6.07, 6.45) is 3.23. The van der Waals surface area contributed by atoms with Crippen LogP contribution in [0.25, 0.3) is 0 Å². The highest BCUT2D eigenvalue weighted by molar-refractivity contribution is 6.43. The van der Waals surface area contributed by atoms with Crippen LogP contribution in [0.1, 0.15) is 5.69 Å². The first-order chi connectivity index (χ1) is 8.16. The van der Waals surface area contributed by atoms with Gasteiger partial charge in [-0.3, -0.25) is 14.5 Å².